The van der Waals surface area contributed by atoms with E-state index in [0.717, 1.165) is 12.1 Å². The van der Waals surface area contributed by atoms with Crippen molar-refractivity contribution >= 4 is 11.5 Å². The molecule has 6 heteroatoms. The summed E-state index contributed by atoms with van der Waals surface area (Å²) in [5.41, 5.74) is 3.82. The Morgan fingerprint density at radius 2 is 1.60 bits per heavy atom. The standard InChI is InChI=1S/C14H9F4NO/c15-12-10(2-1-3-11(12)14(16,17)18)13(20)8-4-6-9(19)7-5-8/h1-7H,19H2. The Balaban J connectivity index is 2.48. The second kappa shape index (κ2) is 4.96. The fourth-order valence-electron chi connectivity index (χ4n) is 1.72. The second-order valence-corrected chi connectivity index (χ2v) is 4.12. The third-order valence-electron chi connectivity index (χ3n) is 2.72. The van der Waals surface area contributed by atoms with Crippen molar-refractivity contribution in [2.75, 3.05) is 5.73 Å². The SMILES string of the molecule is Nc1ccc(C(=O)c2cccc(C(F)(F)F)c2F)cc1. The van der Waals surface area contributed by atoms with Gasteiger partial charge in [0, 0.05) is 11.3 Å². The van der Waals surface area contributed by atoms with Gasteiger partial charge in [0.1, 0.15) is 5.82 Å². The summed E-state index contributed by atoms with van der Waals surface area (Å²) in [6.07, 6.45) is -4.85. The predicted octanol–water partition coefficient (Wildman–Crippen LogP) is 3.66. The van der Waals surface area contributed by atoms with Crippen LogP contribution in [0.2, 0.25) is 0 Å². The molecule has 0 saturated heterocycles. The summed E-state index contributed by atoms with van der Waals surface area (Å²) < 4.78 is 51.6. The maximum atomic E-state index is 13.8. The number of nitrogen functional groups attached to an aromatic ring is 1. The van der Waals surface area contributed by atoms with Crippen LogP contribution in [0.15, 0.2) is 42.5 Å². The minimum atomic E-state index is -4.85. The van der Waals surface area contributed by atoms with Crippen LogP contribution in [0.25, 0.3) is 0 Å². The van der Waals surface area contributed by atoms with Crippen molar-refractivity contribution in [3.8, 4) is 0 Å². The van der Waals surface area contributed by atoms with Crippen molar-refractivity contribution < 1.29 is 22.4 Å². The molecule has 104 valence electrons. The van der Waals surface area contributed by atoms with Crippen molar-refractivity contribution in [2.45, 2.75) is 6.18 Å². The quantitative estimate of drug-likeness (QED) is 0.519. The van der Waals surface area contributed by atoms with E-state index in [2.05, 4.69) is 0 Å². The zero-order valence-electron chi connectivity index (χ0n) is 10.0. The number of halogens is 4. The molecule has 0 spiro atoms. The largest absolute Gasteiger partial charge is 0.419 e. The van der Waals surface area contributed by atoms with Crippen molar-refractivity contribution in [2.24, 2.45) is 0 Å². The molecule has 0 aliphatic heterocycles. The highest BCUT2D eigenvalue weighted by Crippen LogP contribution is 2.32. The van der Waals surface area contributed by atoms with Crippen LogP contribution in [-0.4, -0.2) is 5.78 Å². The Labute approximate surface area is 111 Å². The lowest BCUT2D eigenvalue weighted by atomic mass is 10.00. The number of carbonyl (C=O) groups is 1. The molecule has 0 fully saturated rings. The average Bonchev–Trinajstić information content (AvgIpc) is 2.37. The molecule has 0 aromatic heterocycles. The Hall–Kier alpha value is -2.37. The number of ketones is 1. The highest BCUT2D eigenvalue weighted by Gasteiger charge is 2.35. The zero-order chi connectivity index (χ0) is 14.9. The van der Waals surface area contributed by atoms with E-state index in [-0.39, 0.29) is 5.56 Å². The maximum Gasteiger partial charge on any atom is 0.419 e. The van der Waals surface area contributed by atoms with E-state index in [0.29, 0.717) is 11.8 Å². The summed E-state index contributed by atoms with van der Waals surface area (Å²) in [6, 6.07) is 8.10. The van der Waals surface area contributed by atoms with Gasteiger partial charge in [-0.3, -0.25) is 4.79 Å². The van der Waals surface area contributed by atoms with Crippen molar-refractivity contribution in [3.05, 3.63) is 65.0 Å². The molecule has 2 N–H and O–H groups in total. The number of alkyl halides is 3. The van der Waals surface area contributed by atoms with E-state index in [9.17, 15) is 22.4 Å². The van der Waals surface area contributed by atoms with E-state index < -0.39 is 28.9 Å². The Morgan fingerprint density at radius 3 is 2.15 bits per heavy atom. The minimum absolute atomic E-state index is 0.0671. The summed E-state index contributed by atoms with van der Waals surface area (Å²) in [7, 11) is 0. The molecule has 2 rings (SSSR count). The highest BCUT2D eigenvalue weighted by molar-refractivity contribution is 6.09. The number of benzene rings is 2. The normalized spacial score (nSPS) is 11.4. The molecule has 0 amide bonds. The van der Waals surface area contributed by atoms with Crippen molar-refractivity contribution in [1.29, 1.82) is 0 Å². The van der Waals surface area contributed by atoms with Gasteiger partial charge < -0.3 is 5.73 Å². The molecule has 0 unspecified atom stereocenters. The third kappa shape index (κ3) is 2.64. The molecule has 2 aromatic rings. The van der Waals surface area contributed by atoms with Crippen LogP contribution in [0.3, 0.4) is 0 Å². The van der Waals surface area contributed by atoms with Gasteiger partial charge in [-0.2, -0.15) is 13.2 Å². The fraction of sp³-hybridized carbons (Fsp3) is 0.0714. The van der Waals surface area contributed by atoms with Crippen LogP contribution >= 0.6 is 0 Å². The van der Waals surface area contributed by atoms with Gasteiger partial charge >= 0.3 is 6.18 Å². The first kappa shape index (κ1) is 14.0. The zero-order valence-corrected chi connectivity index (χ0v) is 10.0. The van der Waals surface area contributed by atoms with Crippen LogP contribution in [0.4, 0.5) is 23.2 Å². The monoisotopic (exact) mass is 283 g/mol. The van der Waals surface area contributed by atoms with Gasteiger partial charge in [0.05, 0.1) is 11.1 Å². The molecule has 20 heavy (non-hydrogen) atoms. The van der Waals surface area contributed by atoms with E-state index in [1.54, 1.807) is 0 Å². The number of hydrogen-bond donors (Lipinski definition) is 1. The molecule has 0 atom stereocenters. The molecule has 0 radical (unpaired) electrons. The van der Waals surface area contributed by atoms with Gasteiger partial charge in [-0.1, -0.05) is 6.07 Å². The van der Waals surface area contributed by atoms with Crippen LogP contribution in [0.1, 0.15) is 21.5 Å². The number of hydrogen-bond acceptors (Lipinski definition) is 2. The predicted molar refractivity (Wildman–Crippen MR) is 65.7 cm³/mol. The summed E-state index contributed by atoms with van der Waals surface area (Å²) in [5, 5.41) is 0. The summed E-state index contributed by atoms with van der Waals surface area (Å²) in [4.78, 5) is 12.0. The number of carbonyl (C=O) groups excluding carboxylic acids is 1. The second-order valence-electron chi connectivity index (χ2n) is 4.12. The fourth-order valence-corrected chi connectivity index (χ4v) is 1.72. The molecule has 2 aromatic carbocycles. The molecular weight excluding hydrogens is 274 g/mol. The number of rotatable bonds is 2. The van der Waals surface area contributed by atoms with Gasteiger partial charge in [-0.15, -0.1) is 0 Å². The molecule has 0 bridgehead atoms. The van der Waals surface area contributed by atoms with Gasteiger partial charge in [0.25, 0.3) is 0 Å². The van der Waals surface area contributed by atoms with Crippen LogP contribution in [0, 0.1) is 5.82 Å². The van der Waals surface area contributed by atoms with Crippen molar-refractivity contribution in [1.82, 2.24) is 0 Å². The summed E-state index contributed by atoms with van der Waals surface area (Å²) in [6.45, 7) is 0. The van der Waals surface area contributed by atoms with E-state index in [4.69, 9.17) is 5.73 Å². The Bertz CT molecular complexity index is 647. The maximum absolute atomic E-state index is 13.8. The molecule has 2 nitrogen and oxygen atoms in total. The first-order valence-electron chi connectivity index (χ1n) is 5.56. The Kier molecular flexibility index (Phi) is 3.48. The van der Waals surface area contributed by atoms with Gasteiger partial charge in [0.15, 0.2) is 5.78 Å². The lowest BCUT2D eigenvalue weighted by Gasteiger charge is -2.10. The van der Waals surface area contributed by atoms with Gasteiger partial charge in [-0.25, -0.2) is 4.39 Å². The topological polar surface area (TPSA) is 43.1 Å². The minimum Gasteiger partial charge on any atom is -0.399 e. The number of nitrogens with two attached hydrogens (primary N) is 1. The first-order chi connectivity index (χ1) is 9.30. The summed E-state index contributed by atoms with van der Waals surface area (Å²) in [5.74, 6) is -2.39. The van der Waals surface area contributed by atoms with Gasteiger partial charge in [0.2, 0.25) is 0 Å². The number of anilines is 1. The third-order valence-corrected chi connectivity index (χ3v) is 2.72. The smallest absolute Gasteiger partial charge is 0.399 e. The van der Waals surface area contributed by atoms with Crippen molar-refractivity contribution in [3.63, 3.8) is 0 Å². The first-order valence-corrected chi connectivity index (χ1v) is 5.56. The lowest BCUT2D eigenvalue weighted by Crippen LogP contribution is -2.13. The molecular formula is C14H9F4NO. The highest BCUT2D eigenvalue weighted by atomic mass is 19.4. The molecule has 0 saturated carbocycles. The summed E-state index contributed by atoms with van der Waals surface area (Å²) >= 11 is 0. The van der Waals surface area contributed by atoms with E-state index >= 15 is 0 Å². The Morgan fingerprint density at radius 1 is 1.00 bits per heavy atom. The van der Waals surface area contributed by atoms with E-state index in [1.807, 2.05) is 0 Å². The molecule has 0 heterocycles. The van der Waals surface area contributed by atoms with Crippen LogP contribution in [-0.2, 0) is 6.18 Å². The lowest BCUT2D eigenvalue weighted by molar-refractivity contribution is -0.140. The molecule has 0 aliphatic rings. The molecule has 0 aliphatic carbocycles. The van der Waals surface area contributed by atoms with Crippen LogP contribution < -0.4 is 5.73 Å². The van der Waals surface area contributed by atoms with Gasteiger partial charge in [-0.05, 0) is 36.4 Å². The van der Waals surface area contributed by atoms with Crippen LogP contribution in [0.5, 0.6) is 0 Å². The van der Waals surface area contributed by atoms with E-state index in [1.165, 1.54) is 24.3 Å². The average molecular weight is 283 g/mol.